The van der Waals surface area contributed by atoms with Gasteiger partial charge in [-0.25, -0.2) is 13.2 Å². The lowest BCUT2D eigenvalue weighted by Gasteiger charge is -2.27. The van der Waals surface area contributed by atoms with Gasteiger partial charge in [0.25, 0.3) is 11.8 Å². The number of benzene rings is 3. The van der Waals surface area contributed by atoms with Gasteiger partial charge >= 0.3 is 5.97 Å². The number of amidine groups is 1. The third kappa shape index (κ3) is 6.13. The molecule has 0 spiro atoms. The Morgan fingerprint density at radius 3 is 2.27 bits per heavy atom. The lowest BCUT2D eigenvalue weighted by atomic mass is 9.97. The second-order valence-corrected chi connectivity index (χ2v) is 11.8. The molecule has 1 unspecified atom stereocenters. The van der Waals surface area contributed by atoms with Crippen molar-refractivity contribution < 1.29 is 27.9 Å². The first-order valence-electron chi connectivity index (χ1n) is 12.8. The van der Waals surface area contributed by atoms with Gasteiger partial charge in [0.15, 0.2) is 5.37 Å². The average molecular weight is 566 g/mol. The number of hydrogen-bond acceptors (Lipinski definition) is 7. The Morgan fingerprint density at radius 2 is 1.62 bits per heavy atom. The van der Waals surface area contributed by atoms with E-state index in [1.807, 2.05) is 6.07 Å². The summed E-state index contributed by atoms with van der Waals surface area (Å²) in [6.45, 7) is 1.21. The van der Waals surface area contributed by atoms with Crippen molar-refractivity contribution in [3.63, 3.8) is 0 Å². The SMILES string of the molecule is N=C(N)c1cc(C[C@H](NC(=O)C(N)S(=O)(=O)c2ccc3ccccc3c2)C(=O)O)ccc1C(=O)N1CCCCC1. The maximum atomic E-state index is 13.1. The molecule has 2 atom stereocenters. The molecule has 4 rings (SSSR count). The Kier molecular flexibility index (Phi) is 8.50. The van der Waals surface area contributed by atoms with E-state index in [0.29, 0.717) is 24.0 Å². The van der Waals surface area contributed by atoms with Crippen molar-refractivity contribution in [2.45, 2.75) is 42.0 Å². The number of carboxylic acids is 1. The van der Waals surface area contributed by atoms with Crippen molar-refractivity contribution in [2.75, 3.05) is 13.1 Å². The molecule has 0 saturated carbocycles. The maximum Gasteiger partial charge on any atom is 0.326 e. The van der Waals surface area contributed by atoms with Crippen molar-refractivity contribution in [3.05, 3.63) is 77.4 Å². The number of nitrogens with one attached hydrogen (secondary N) is 2. The first-order valence-corrected chi connectivity index (χ1v) is 14.3. The lowest BCUT2D eigenvalue weighted by Crippen LogP contribution is -2.52. The number of fused-ring (bicyclic) bond motifs is 1. The molecule has 0 aliphatic carbocycles. The van der Waals surface area contributed by atoms with Crippen molar-refractivity contribution in [1.29, 1.82) is 5.41 Å². The second kappa shape index (κ2) is 11.8. The molecular formula is C28H31N5O6S. The normalized spacial score (nSPS) is 15.3. The third-order valence-electron chi connectivity index (χ3n) is 6.94. The van der Waals surface area contributed by atoms with Crippen LogP contribution >= 0.6 is 0 Å². The van der Waals surface area contributed by atoms with Gasteiger partial charge in [-0.1, -0.05) is 36.4 Å². The van der Waals surface area contributed by atoms with Gasteiger partial charge in [-0.15, -0.1) is 0 Å². The molecule has 1 saturated heterocycles. The van der Waals surface area contributed by atoms with Gasteiger partial charge < -0.3 is 26.8 Å². The van der Waals surface area contributed by atoms with Crippen molar-refractivity contribution in [2.24, 2.45) is 11.5 Å². The molecule has 1 aliphatic heterocycles. The highest BCUT2D eigenvalue weighted by molar-refractivity contribution is 7.92. The molecule has 40 heavy (non-hydrogen) atoms. The van der Waals surface area contributed by atoms with Crippen LogP contribution in [0.2, 0.25) is 0 Å². The molecule has 7 N–H and O–H groups in total. The molecular weight excluding hydrogens is 534 g/mol. The Morgan fingerprint density at radius 1 is 0.950 bits per heavy atom. The lowest BCUT2D eigenvalue weighted by molar-refractivity contribution is -0.141. The topological polar surface area (TPSA) is 197 Å². The van der Waals surface area contributed by atoms with E-state index < -0.39 is 33.1 Å². The van der Waals surface area contributed by atoms with E-state index in [0.717, 1.165) is 24.6 Å². The minimum atomic E-state index is -4.33. The monoisotopic (exact) mass is 565 g/mol. The van der Waals surface area contributed by atoms with Crippen LogP contribution in [-0.4, -0.2) is 66.5 Å². The van der Waals surface area contributed by atoms with Crippen LogP contribution < -0.4 is 16.8 Å². The van der Waals surface area contributed by atoms with E-state index in [1.165, 1.54) is 30.3 Å². The van der Waals surface area contributed by atoms with Crippen molar-refractivity contribution in [1.82, 2.24) is 10.2 Å². The predicted octanol–water partition coefficient (Wildman–Crippen LogP) is 1.62. The number of rotatable bonds is 9. The van der Waals surface area contributed by atoms with Crippen LogP contribution in [0.4, 0.5) is 0 Å². The molecule has 1 aliphatic rings. The minimum absolute atomic E-state index is 0.152. The highest BCUT2D eigenvalue weighted by Gasteiger charge is 2.33. The number of sulfone groups is 1. The standard InChI is InChI=1S/C28H31N5O6S/c29-24(30)22-14-17(8-11-21(22)27(35)33-12-4-1-5-13-33)15-23(28(36)37)32-26(34)25(31)40(38,39)20-10-9-18-6-2-3-7-19(18)16-20/h2-3,6-11,14,16,23,25H,1,4-5,12-13,15,31H2,(H3,29,30)(H,32,34)(H,36,37)/t23-,25?/m0/s1. The zero-order chi connectivity index (χ0) is 29.0. The van der Waals surface area contributed by atoms with E-state index in [9.17, 15) is 27.9 Å². The molecule has 2 amide bonds. The number of likely N-dealkylation sites (tertiary alicyclic amines) is 1. The van der Waals surface area contributed by atoms with Gasteiger partial charge in [-0.2, -0.15) is 0 Å². The third-order valence-corrected chi connectivity index (χ3v) is 8.74. The zero-order valence-electron chi connectivity index (χ0n) is 21.7. The number of aliphatic carboxylic acids is 1. The van der Waals surface area contributed by atoms with E-state index in [1.54, 1.807) is 29.2 Å². The number of carbonyl (C=O) groups excluding carboxylic acids is 2. The Balaban J connectivity index is 1.52. The van der Waals surface area contributed by atoms with Gasteiger partial charge in [-0.05, 0) is 59.9 Å². The van der Waals surface area contributed by atoms with E-state index in [2.05, 4.69) is 5.32 Å². The average Bonchev–Trinajstić information content (AvgIpc) is 2.95. The summed E-state index contributed by atoms with van der Waals surface area (Å²) in [7, 11) is -4.33. The summed E-state index contributed by atoms with van der Waals surface area (Å²) in [6.07, 6.45) is 2.55. The van der Waals surface area contributed by atoms with Crippen LogP contribution in [0.25, 0.3) is 10.8 Å². The fourth-order valence-corrected chi connectivity index (χ4v) is 5.91. The van der Waals surface area contributed by atoms with Gasteiger partial charge in [-0.3, -0.25) is 15.0 Å². The van der Waals surface area contributed by atoms with Gasteiger partial charge in [0.1, 0.15) is 11.9 Å². The van der Waals surface area contributed by atoms with Crippen molar-refractivity contribution >= 4 is 44.2 Å². The molecule has 1 heterocycles. The highest BCUT2D eigenvalue weighted by Crippen LogP contribution is 2.22. The number of nitrogens with zero attached hydrogens (tertiary/aromatic N) is 1. The summed E-state index contributed by atoms with van der Waals surface area (Å²) in [5.74, 6) is -3.21. The maximum absolute atomic E-state index is 13.1. The predicted molar refractivity (Wildman–Crippen MR) is 150 cm³/mol. The van der Waals surface area contributed by atoms with Crippen molar-refractivity contribution in [3.8, 4) is 0 Å². The number of nitrogens with two attached hydrogens (primary N) is 2. The molecule has 3 aromatic rings. The van der Waals surface area contributed by atoms with Gasteiger partial charge in [0, 0.05) is 25.1 Å². The number of nitrogen functional groups attached to an aromatic ring is 1. The number of amides is 2. The van der Waals surface area contributed by atoms with Crippen LogP contribution in [0.3, 0.4) is 0 Å². The number of hydrogen-bond donors (Lipinski definition) is 5. The minimum Gasteiger partial charge on any atom is -0.480 e. The second-order valence-electron chi connectivity index (χ2n) is 9.72. The Bertz CT molecular complexity index is 1580. The fourth-order valence-electron chi connectivity index (χ4n) is 4.72. The Hall–Kier alpha value is -4.29. The molecule has 0 aromatic heterocycles. The molecule has 0 radical (unpaired) electrons. The fraction of sp³-hybridized carbons (Fsp3) is 0.286. The zero-order valence-corrected chi connectivity index (χ0v) is 22.5. The molecule has 1 fully saturated rings. The Labute approximate surface area is 231 Å². The van der Waals surface area contributed by atoms with Gasteiger partial charge in [0.05, 0.1) is 10.5 Å². The van der Waals surface area contributed by atoms with E-state index in [-0.39, 0.29) is 34.2 Å². The summed E-state index contributed by atoms with van der Waals surface area (Å²) in [5.41, 5.74) is 12.3. The number of piperidine rings is 1. The molecule has 3 aromatic carbocycles. The van der Waals surface area contributed by atoms with Crippen LogP contribution in [-0.2, 0) is 25.8 Å². The van der Waals surface area contributed by atoms with E-state index >= 15 is 0 Å². The number of carboxylic acid groups (broad SMARTS) is 1. The first-order chi connectivity index (χ1) is 19.0. The molecule has 210 valence electrons. The first kappa shape index (κ1) is 28.7. The molecule has 12 heteroatoms. The number of carbonyl (C=O) groups is 3. The summed E-state index contributed by atoms with van der Waals surface area (Å²) < 4.78 is 26.1. The van der Waals surface area contributed by atoms with Crippen LogP contribution in [0.1, 0.15) is 40.7 Å². The summed E-state index contributed by atoms with van der Waals surface area (Å²) in [6, 6.07) is 14.3. The quantitative estimate of drug-likeness (QED) is 0.190. The molecule has 11 nitrogen and oxygen atoms in total. The largest absolute Gasteiger partial charge is 0.480 e. The smallest absolute Gasteiger partial charge is 0.326 e. The van der Waals surface area contributed by atoms with E-state index in [4.69, 9.17) is 16.9 Å². The highest BCUT2D eigenvalue weighted by atomic mass is 32.2. The summed E-state index contributed by atoms with van der Waals surface area (Å²) in [4.78, 5) is 39.4. The van der Waals surface area contributed by atoms with Gasteiger partial charge in [0.2, 0.25) is 9.84 Å². The summed E-state index contributed by atoms with van der Waals surface area (Å²) >= 11 is 0. The summed E-state index contributed by atoms with van der Waals surface area (Å²) in [5, 5.41) is 19.3. The van der Waals surface area contributed by atoms with Crippen LogP contribution in [0, 0.1) is 5.41 Å². The van der Waals surface area contributed by atoms with Crippen LogP contribution in [0.15, 0.2) is 65.6 Å². The van der Waals surface area contributed by atoms with Crippen LogP contribution in [0.5, 0.6) is 0 Å². The molecule has 0 bridgehead atoms.